The first-order valence-electron chi connectivity index (χ1n) is 11.0. The van der Waals surface area contributed by atoms with Gasteiger partial charge in [0.2, 0.25) is 0 Å². The van der Waals surface area contributed by atoms with Crippen molar-refractivity contribution in [3.63, 3.8) is 0 Å². The molecule has 0 aromatic heterocycles. The van der Waals surface area contributed by atoms with Crippen LogP contribution in [-0.4, -0.2) is 23.5 Å². The van der Waals surface area contributed by atoms with E-state index < -0.39 is 23.5 Å². The van der Waals surface area contributed by atoms with E-state index in [1.807, 2.05) is 24.3 Å². The fourth-order valence-corrected chi connectivity index (χ4v) is 2.67. The van der Waals surface area contributed by atoms with Crippen molar-refractivity contribution in [2.24, 2.45) is 0 Å². The summed E-state index contributed by atoms with van der Waals surface area (Å²) in [5.41, 5.74) is -0.275. The lowest BCUT2D eigenvalue weighted by Crippen LogP contribution is -2.27. The van der Waals surface area contributed by atoms with Crippen molar-refractivity contribution < 1.29 is 33.3 Å². The quantitative estimate of drug-likeness (QED) is 0.325. The van der Waals surface area contributed by atoms with Crippen molar-refractivity contribution in [1.82, 2.24) is 0 Å². The van der Waals surface area contributed by atoms with E-state index in [1.54, 1.807) is 47.6 Å². The second-order valence-electron chi connectivity index (χ2n) is 9.72. The van der Waals surface area contributed by atoms with Gasteiger partial charge in [0, 0.05) is 6.07 Å². The van der Waals surface area contributed by atoms with Crippen molar-refractivity contribution in [1.29, 1.82) is 0 Å². The van der Waals surface area contributed by atoms with Crippen LogP contribution in [0.2, 0.25) is 0 Å². The molecule has 1 unspecified atom stereocenters. The first-order valence-corrected chi connectivity index (χ1v) is 11.0. The topological polar surface area (TPSA) is 80.3 Å². The third kappa shape index (κ3) is 9.04. The summed E-state index contributed by atoms with van der Waals surface area (Å²) in [5.74, 6) is 1.42. The maximum atomic E-state index is 12.2. The van der Waals surface area contributed by atoms with Gasteiger partial charge in [-0.2, -0.15) is 0 Å². The summed E-state index contributed by atoms with van der Waals surface area (Å²) in [6.07, 6.45) is -0.817. The SMILES string of the molecule is CCC(C)c1ccc(Oc2ccc(OC(=O)OC(C)(C)C)c(OC(=O)OC(C)(C)C)c2)cc1. The smallest absolute Gasteiger partial charge is 0.457 e. The number of rotatable bonds is 6. The second-order valence-corrected chi connectivity index (χ2v) is 9.72. The van der Waals surface area contributed by atoms with Gasteiger partial charge in [0.25, 0.3) is 0 Å². The Morgan fingerprint density at radius 3 is 1.73 bits per heavy atom. The highest BCUT2D eigenvalue weighted by molar-refractivity contribution is 5.70. The van der Waals surface area contributed by atoms with E-state index in [2.05, 4.69) is 13.8 Å². The molecule has 0 spiro atoms. The molecule has 0 saturated heterocycles. The van der Waals surface area contributed by atoms with E-state index >= 15 is 0 Å². The first-order chi connectivity index (χ1) is 15.3. The van der Waals surface area contributed by atoms with Gasteiger partial charge < -0.3 is 23.7 Å². The Bertz CT molecular complexity index is 950. The van der Waals surface area contributed by atoms with Crippen LogP contribution in [0.1, 0.15) is 73.3 Å². The van der Waals surface area contributed by atoms with E-state index in [1.165, 1.54) is 17.7 Å². The molecule has 2 aromatic carbocycles. The standard InChI is InChI=1S/C26H34O7/c1-9-17(2)18-10-12-19(13-11-18)29-20-14-15-21(30-23(27)32-25(3,4)5)22(16-20)31-24(28)33-26(6,7)8/h10-17H,9H2,1-8H3. The second kappa shape index (κ2) is 10.6. The summed E-state index contributed by atoms with van der Waals surface area (Å²) in [6.45, 7) is 14.6. The average Bonchev–Trinajstić information content (AvgIpc) is 2.67. The van der Waals surface area contributed by atoms with E-state index in [0.717, 1.165) is 6.42 Å². The summed E-state index contributed by atoms with van der Waals surface area (Å²) in [5, 5.41) is 0. The molecular formula is C26H34O7. The summed E-state index contributed by atoms with van der Waals surface area (Å²) >= 11 is 0. The van der Waals surface area contributed by atoms with Gasteiger partial charge in [0.15, 0.2) is 11.5 Å². The van der Waals surface area contributed by atoms with E-state index in [0.29, 0.717) is 17.4 Å². The van der Waals surface area contributed by atoms with E-state index in [-0.39, 0.29) is 11.5 Å². The van der Waals surface area contributed by atoms with Crippen molar-refractivity contribution in [3.05, 3.63) is 48.0 Å². The van der Waals surface area contributed by atoms with Gasteiger partial charge in [-0.1, -0.05) is 26.0 Å². The highest BCUT2D eigenvalue weighted by Gasteiger charge is 2.23. The molecule has 0 aliphatic heterocycles. The molecule has 0 amide bonds. The monoisotopic (exact) mass is 458 g/mol. The molecule has 2 aromatic rings. The molecule has 0 heterocycles. The molecule has 0 fully saturated rings. The Morgan fingerprint density at radius 2 is 1.24 bits per heavy atom. The minimum absolute atomic E-state index is 0.00502. The summed E-state index contributed by atoms with van der Waals surface area (Å²) in [6, 6.07) is 12.3. The molecule has 7 nitrogen and oxygen atoms in total. The van der Waals surface area contributed by atoms with Crippen LogP contribution < -0.4 is 14.2 Å². The molecule has 2 rings (SSSR count). The highest BCUT2D eigenvalue weighted by Crippen LogP contribution is 2.35. The average molecular weight is 459 g/mol. The van der Waals surface area contributed by atoms with Crippen LogP contribution in [0.15, 0.2) is 42.5 Å². The minimum atomic E-state index is -0.938. The molecule has 0 aliphatic rings. The lowest BCUT2D eigenvalue weighted by Gasteiger charge is -2.21. The van der Waals surface area contributed by atoms with Crippen LogP contribution in [0.3, 0.4) is 0 Å². The maximum absolute atomic E-state index is 12.2. The van der Waals surface area contributed by atoms with Crippen molar-refractivity contribution in [3.8, 4) is 23.0 Å². The number of carbonyl (C=O) groups excluding carboxylic acids is 2. The van der Waals surface area contributed by atoms with Gasteiger partial charge in [0.05, 0.1) is 0 Å². The van der Waals surface area contributed by atoms with Gasteiger partial charge in [-0.25, -0.2) is 9.59 Å². The molecule has 0 saturated carbocycles. The third-order valence-electron chi connectivity index (χ3n) is 4.38. The van der Waals surface area contributed by atoms with Gasteiger partial charge in [-0.3, -0.25) is 0 Å². The van der Waals surface area contributed by atoms with Crippen LogP contribution in [-0.2, 0) is 9.47 Å². The van der Waals surface area contributed by atoms with Crippen LogP contribution in [0.5, 0.6) is 23.0 Å². The van der Waals surface area contributed by atoms with Crippen molar-refractivity contribution >= 4 is 12.3 Å². The number of benzene rings is 2. The number of hydrogen-bond donors (Lipinski definition) is 0. The van der Waals surface area contributed by atoms with Crippen LogP contribution in [0.4, 0.5) is 9.59 Å². The normalized spacial score (nSPS) is 12.5. The van der Waals surface area contributed by atoms with Gasteiger partial charge in [-0.15, -0.1) is 0 Å². The molecule has 0 N–H and O–H groups in total. The Hall–Kier alpha value is -3.22. The molecule has 180 valence electrons. The fraction of sp³-hybridized carbons (Fsp3) is 0.462. The van der Waals surface area contributed by atoms with Crippen LogP contribution in [0, 0.1) is 0 Å². The zero-order valence-corrected chi connectivity index (χ0v) is 20.7. The number of hydrogen-bond acceptors (Lipinski definition) is 7. The Labute approximate surface area is 195 Å². The predicted molar refractivity (Wildman–Crippen MR) is 125 cm³/mol. The molecule has 0 bridgehead atoms. The number of ether oxygens (including phenoxy) is 5. The predicted octanol–water partition coefficient (Wildman–Crippen LogP) is 7.62. The summed E-state index contributed by atoms with van der Waals surface area (Å²) in [4.78, 5) is 24.4. The van der Waals surface area contributed by atoms with Crippen molar-refractivity contribution in [2.75, 3.05) is 0 Å². The molecular weight excluding hydrogens is 424 g/mol. The van der Waals surface area contributed by atoms with Gasteiger partial charge in [-0.05, 0) is 83.7 Å². The lowest BCUT2D eigenvalue weighted by atomic mass is 9.99. The summed E-state index contributed by atoms with van der Waals surface area (Å²) < 4.78 is 26.9. The molecule has 33 heavy (non-hydrogen) atoms. The van der Waals surface area contributed by atoms with Gasteiger partial charge >= 0.3 is 12.3 Å². The number of carbonyl (C=O) groups is 2. The Morgan fingerprint density at radius 1 is 0.758 bits per heavy atom. The third-order valence-corrected chi connectivity index (χ3v) is 4.38. The molecule has 0 radical (unpaired) electrons. The zero-order valence-electron chi connectivity index (χ0n) is 20.7. The first kappa shape index (κ1) is 26.0. The van der Waals surface area contributed by atoms with E-state index in [4.69, 9.17) is 23.7 Å². The van der Waals surface area contributed by atoms with Crippen LogP contribution in [0.25, 0.3) is 0 Å². The largest absolute Gasteiger partial charge is 0.514 e. The Balaban J connectivity index is 2.26. The van der Waals surface area contributed by atoms with Gasteiger partial charge in [0.1, 0.15) is 22.7 Å². The minimum Gasteiger partial charge on any atom is -0.457 e. The highest BCUT2D eigenvalue weighted by atomic mass is 16.8. The zero-order chi connectivity index (χ0) is 24.8. The molecule has 7 heteroatoms. The molecule has 0 aliphatic carbocycles. The Kier molecular flexibility index (Phi) is 8.36. The van der Waals surface area contributed by atoms with Crippen LogP contribution >= 0.6 is 0 Å². The lowest BCUT2D eigenvalue weighted by molar-refractivity contribution is 0.0137. The maximum Gasteiger partial charge on any atom is 0.514 e. The van der Waals surface area contributed by atoms with E-state index in [9.17, 15) is 9.59 Å². The molecule has 1 atom stereocenters. The van der Waals surface area contributed by atoms with Crippen molar-refractivity contribution in [2.45, 2.75) is 78.9 Å². The summed E-state index contributed by atoms with van der Waals surface area (Å²) in [7, 11) is 0. The fourth-order valence-electron chi connectivity index (χ4n) is 2.67.